The van der Waals surface area contributed by atoms with Crippen LogP contribution in [-0.2, 0) is 4.74 Å². The monoisotopic (exact) mass is 294 g/mol. The van der Waals surface area contributed by atoms with E-state index in [1.165, 1.54) is 19.3 Å². The molecule has 0 spiro atoms. The molecule has 2 fully saturated rings. The second-order valence-corrected chi connectivity index (χ2v) is 6.73. The first kappa shape index (κ1) is 13.9. The molecular formula is C14H22N4OS. The molecule has 1 aromatic heterocycles. The lowest BCUT2D eigenvalue weighted by Gasteiger charge is -2.40. The van der Waals surface area contributed by atoms with E-state index in [-0.39, 0.29) is 0 Å². The lowest BCUT2D eigenvalue weighted by atomic mass is 9.84. The maximum Gasteiger partial charge on any atom is 0.134 e. The van der Waals surface area contributed by atoms with Crippen LogP contribution in [0.4, 0.5) is 11.6 Å². The van der Waals surface area contributed by atoms with Gasteiger partial charge in [0.2, 0.25) is 0 Å². The molecule has 1 aliphatic heterocycles. The summed E-state index contributed by atoms with van der Waals surface area (Å²) in [7, 11) is 0. The van der Waals surface area contributed by atoms with Crippen LogP contribution in [-0.4, -0.2) is 53.8 Å². The third-order valence-corrected chi connectivity index (χ3v) is 5.70. The van der Waals surface area contributed by atoms with Crippen molar-refractivity contribution >= 4 is 23.4 Å². The highest BCUT2D eigenvalue weighted by Gasteiger charge is 2.35. The van der Waals surface area contributed by atoms with Gasteiger partial charge in [-0.2, -0.15) is 11.8 Å². The molecule has 110 valence electrons. The number of anilines is 2. The SMILES string of the molecule is CSC1(CNc2cc(N3CCOCC3)ncn2)CCC1. The number of thioether (sulfide) groups is 1. The zero-order chi connectivity index (χ0) is 13.8. The number of rotatable bonds is 5. The molecule has 2 aliphatic rings. The number of ether oxygens (including phenoxy) is 1. The second kappa shape index (κ2) is 6.18. The van der Waals surface area contributed by atoms with Crippen LogP contribution in [0.5, 0.6) is 0 Å². The zero-order valence-corrected chi connectivity index (χ0v) is 12.8. The Hall–Kier alpha value is -1.01. The van der Waals surface area contributed by atoms with Gasteiger partial charge >= 0.3 is 0 Å². The van der Waals surface area contributed by atoms with Crippen LogP contribution in [0, 0.1) is 0 Å². The predicted octanol–water partition coefficient (Wildman–Crippen LogP) is 2.01. The Kier molecular flexibility index (Phi) is 4.31. The van der Waals surface area contributed by atoms with Crippen LogP contribution < -0.4 is 10.2 Å². The fraction of sp³-hybridized carbons (Fsp3) is 0.714. The van der Waals surface area contributed by atoms with Gasteiger partial charge in [-0.05, 0) is 19.1 Å². The standard InChI is InChI=1S/C14H22N4OS/c1-20-14(3-2-4-14)10-15-12-9-13(17-11-16-12)18-5-7-19-8-6-18/h9,11H,2-8,10H2,1H3,(H,15,16,17). The maximum atomic E-state index is 5.38. The second-order valence-electron chi connectivity index (χ2n) is 5.46. The summed E-state index contributed by atoms with van der Waals surface area (Å²) in [4.78, 5) is 11.0. The topological polar surface area (TPSA) is 50.3 Å². The lowest BCUT2D eigenvalue weighted by Crippen LogP contribution is -2.40. The van der Waals surface area contributed by atoms with Crippen LogP contribution in [0.25, 0.3) is 0 Å². The van der Waals surface area contributed by atoms with E-state index in [0.717, 1.165) is 44.5 Å². The van der Waals surface area contributed by atoms with E-state index < -0.39 is 0 Å². The minimum absolute atomic E-state index is 0.421. The third-order valence-electron chi connectivity index (χ3n) is 4.28. The van der Waals surface area contributed by atoms with Crippen molar-refractivity contribution in [2.24, 2.45) is 0 Å². The van der Waals surface area contributed by atoms with E-state index in [4.69, 9.17) is 4.74 Å². The number of nitrogens with one attached hydrogen (secondary N) is 1. The number of morpholine rings is 1. The minimum atomic E-state index is 0.421. The molecule has 1 aliphatic carbocycles. The van der Waals surface area contributed by atoms with Crippen molar-refractivity contribution in [2.75, 3.05) is 49.3 Å². The van der Waals surface area contributed by atoms with Crippen LogP contribution >= 0.6 is 11.8 Å². The highest BCUT2D eigenvalue weighted by molar-refractivity contribution is 8.00. The molecule has 0 radical (unpaired) electrons. The van der Waals surface area contributed by atoms with Crippen molar-refractivity contribution in [1.82, 2.24) is 9.97 Å². The summed E-state index contributed by atoms with van der Waals surface area (Å²) in [5.41, 5.74) is 0. The fourth-order valence-electron chi connectivity index (χ4n) is 2.68. The summed E-state index contributed by atoms with van der Waals surface area (Å²) >= 11 is 1.98. The first-order valence-corrected chi connectivity index (χ1v) is 8.48. The zero-order valence-electron chi connectivity index (χ0n) is 12.0. The molecule has 6 heteroatoms. The van der Waals surface area contributed by atoms with E-state index in [9.17, 15) is 0 Å². The number of hydrogen-bond donors (Lipinski definition) is 1. The highest BCUT2D eigenvalue weighted by Crippen LogP contribution is 2.42. The molecule has 0 unspecified atom stereocenters. The molecule has 1 aromatic rings. The van der Waals surface area contributed by atoms with Crippen molar-refractivity contribution in [2.45, 2.75) is 24.0 Å². The summed E-state index contributed by atoms with van der Waals surface area (Å²) in [6.45, 7) is 4.37. The van der Waals surface area contributed by atoms with Crippen molar-refractivity contribution in [1.29, 1.82) is 0 Å². The van der Waals surface area contributed by atoms with Gasteiger partial charge < -0.3 is 15.0 Å². The summed E-state index contributed by atoms with van der Waals surface area (Å²) in [5, 5.41) is 3.49. The van der Waals surface area contributed by atoms with Gasteiger partial charge in [0.25, 0.3) is 0 Å². The molecule has 0 aromatic carbocycles. The predicted molar refractivity (Wildman–Crippen MR) is 83.7 cm³/mol. The summed E-state index contributed by atoms with van der Waals surface area (Å²) < 4.78 is 5.80. The van der Waals surface area contributed by atoms with Gasteiger partial charge in [-0.1, -0.05) is 6.42 Å². The molecule has 20 heavy (non-hydrogen) atoms. The largest absolute Gasteiger partial charge is 0.378 e. The van der Waals surface area contributed by atoms with Gasteiger partial charge in [-0.25, -0.2) is 9.97 Å². The van der Waals surface area contributed by atoms with Gasteiger partial charge in [0.15, 0.2) is 0 Å². The Morgan fingerprint density at radius 1 is 1.35 bits per heavy atom. The Morgan fingerprint density at radius 3 is 2.80 bits per heavy atom. The van der Waals surface area contributed by atoms with Gasteiger partial charge in [0.05, 0.1) is 13.2 Å². The molecule has 0 amide bonds. The smallest absolute Gasteiger partial charge is 0.134 e. The van der Waals surface area contributed by atoms with Crippen molar-refractivity contribution < 1.29 is 4.74 Å². The average Bonchev–Trinajstić information content (AvgIpc) is 2.48. The Morgan fingerprint density at radius 2 is 2.15 bits per heavy atom. The van der Waals surface area contributed by atoms with Gasteiger partial charge in [0.1, 0.15) is 18.0 Å². The third kappa shape index (κ3) is 3.01. The van der Waals surface area contributed by atoms with E-state index in [1.807, 2.05) is 11.8 Å². The first-order chi connectivity index (χ1) is 9.81. The van der Waals surface area contributed by atoms with Gasteiger partial charge in [-0.3, -0.25) is 0 Å². The summed E-state index contributed by atoms with van der Waals surface area (Å²) in [5.74, 6) is 1.93. The van der Waals surface area contributed by atoms with Crippen molar-refractivity contribution in [3.05, 3.63) is 12.4 Å². The average molecular weight is 294 g/mol. The number of nitrogens with zero attached hydrogens (tertiary/aromatic N) is 3. The molecule has 1 saturated carbocycles. The molecule has 1 saturated heterocycles. The molecule has 3 rings (SSSR count). The van der Waals surface area contributed by atoms with Crippen LogP contribution in [0.15, 0.2) is 12.4 Å². The van der Waals surface area contributed by atoms with Crippen LogP contribution in [0.2, 0.25) is 0 Å². The van der Waals surface area contributed by atoms with Gasteiger partial charge in [-0.15, -0.1) is 0 Å². The lowest BCUT2D eigenvalue weighted by molar-refractivity contribution is 0.122. The van der Waals surface area contributed by atoms with Crippen molar-refractivity contribution in [3.63, 3.8) is 0 Å². The van der Waals surface area contributed by atoms with Crippen LogP contribution in [0.1, 0.15) is 19.3 Å². The number of aromatic nitrogens is 2. The fourth-order valence-corrected chi connectivity index (χ4v) is 3.60. The summed E-state index contributed by atoms with van der Waals surface area (Å²) in [6.07, 6.45) is 7.83. The molecule has 1 N–H and O–H groups in total. The quantitative estimate of drug-likeness (QED) is 0.896. The Balaban J connectivity index is 1.62. The van der Waals surface area contributed by atoms with E-state index in [2.05, 4.69) is 32.5 Å². The molecule has 2 heterocycles. The number of hydrogen-bond acceptors (Lipinski definition) is 6. The van der Waals surface area contributed by atoms with Gasteiger partial charge in [0, 0.05) is 30.4 Å². The van der Waals surface area contributed by atoms with E-state index >= 15 is 0 Å². The highest BCUT2D eigenvalue weighted by atomic mass is 32.2. The molecule has 0 atom stereocenters. The molecule has 0 bridgehead atoms. The minimum Gasteiger partial charge on any atom is -0.378 e. The van der Waals surface area contributed by atoms with Crippen molar-refractivity contribution in [3.8, 4) is 0 Å². The van der Waals surface area contributed by atoms with E-state index in [0.29, 0.717) is 4.75 Å². The normalized spacial score (nSPS) is 21.4. The van der Waals surface area contributed by atoms with E-state index in [1.54, 1.807) is 6.33 Å². The Labute approximate surface area is 124 Å². The maximum absolute atomic E-state index is 5.38. The van der Waals surface area contributed by atoms with Crippen LogP contribution in [0.3, 0.4) is 0 Å². The first-order valence-electron chi connectivity index (χ1n) is 7.25. The Bertz CT molecular complexity index is 441. The molecular weight excluding hydrogens is 272 g/mol. The summed E-state index contributed by atoms with van der Waals surface area (Å²) in [6, 6.07) is 2.05. The molecule has 5 nitrogen and oxygen atoms in total.